The van der Waals surface area contributed by atoms with E-state index in [0.29, 0.717) is 27.2 Å². The van der Waals surface area contributed by atoms with Crippen LogP contribution in [0.1, 0.15) is 57.4 Å². The molecule has 1 aliphatic carbocycles. The number of carbonyl (C=O) groups is 3. The van der Waals surface area contributed by atoms with Gasteiger partial charge in [0.05, 0.1) is 30.2 Å². The summed E-state index contributed by atoms with van der Waals surface area (Å²) in [5, 5.41) is 14.3. The molecule has 3 heterocycles. The lowest BCUT2D eigenvalue weighted by Crippen LogP contribution is -2.25. The number of halogens is 1. The van der Waals surface area contributed by atoms with E-state index in [0.717, 1.165) is 41.5 Å². The summed E-state index contributed by atoms with van der Waals surface area (Å²) in [4.78, 5) is 39.4. The molecular formula is C27H26FN5O5S2. The molecule has 0 saturated heterocycles. The molecule has 1 aromatic carbocycles. The van der Waals surface area contributed by atoms with Gasteiger partial charge in [-0.2, -0.15) is 0 Å². The summed E-state index contributed by atoms with van der Waals surface area (Å²) in [6.07, 6.45) is 4.01. The first-order chi connectivity index (χ1) is 19.4. The average Bonchev–Trinajstić information content (AvgIpc) is 3.73. The van der Waals surface area contributed by atoms with E-state index in [9.17, 15) is 18.8 Å². The number of amides is 2. The van der Waals surface area contributed by atoms with Gasteiger partial charge in [0.2, 0.25) is 5.91 Å². The molecule has 4 aromatic rings. The van der Waals surface area contributed by atoms with Crippen molar-refractivity contribution in [2.75, 3.05) is 11.9 Å². The summed E-state index contributed by atoms with van der Waals surface area (Å²) < 4.78 is 25.7. The molecule has 13 heteroatoms. The highest BCUT2D eigenvalue weighted by Crippen LogP contribution is 2.40. The highest BCUT2D eigenvalue weighted by atomic mass is 32.2. The lowest BCUT2D eigenvalue weighted by molar-refractivity contribution is -0.115. The van der Waals surface area contributed by atoms with Crippen LogP contribution in [0.3, 0.4) is 0 Å². The van der Waals surface area contributed by atoms with E-state index < -0.39 is 22.9 Å². The van der Waals surface area contributed by atoms with Crippen molar-refractivity contribution in [1.82, 2.24) is 20.1 Å². The number of hydrogen-bond acceptors (Lipinski definition) is 9. The monoisotopic (exact) mass is 583 g/mol. The minimum Gasteiger partial charge on any atom is -0.462 e. The van der Waals surface area contributed by atoms with Crippen LogP contribution >= 0.6 is 23.1 Å². The van der Waals surface area contributed by atoms with Gasteiger partial charge < -0.3 is 19.8 Å². The van der Waals surface area contributed by atoms with E-state index in [1.165, 1.54) is 35.8 Å². The Morgan fingerprint density at radius 3 is 2.73 bits per heavy atom. The van der Waals surface area contributed by atoms with Gasteiger partial charge in [-0.05, 0) is 75.1 Å². The van der Waals surface area contributed by atoms with Crippen LogP contribution in [0.25, 0.3) is 5.69 Å². The maximum absolute atomic E-state index is 13.7. The van der Waals surface area contributed by atoms with E-state index in [2.05, 4.69) is 20.8 Å². The Morgan fingerprint density at radius 1 is 1.20 bits per heavy atom. The van der Waals surface area contributed by atoms with E-state index in [1.807, 2.05) is 0 Å². The van der Waals surface area contributed by atoms with Crippen molar-refractivity contribution in [3.05, 3.63) is 76.1 Å². The molecule has 2 amide bonds. The minimum atomic E-state index is -0.638. The average molecular weight is 584 g/mol. The maximum atomic E-state index is 13.7. The fourth-order valence-electron chi connectivity index (χ4n) is 4.33. The summed E-state index contributed by atoms with van der Waals surface area (Å²) >= 11 is 2.56. The number of thiophene rings is 1. The number of nitrogens with zero attached hydrogens (tertiary/aromatic N) is 3. The van der Waals surface area contributed by atoms with Gasteiger partial charge in [-0.3, -0.25) is 14.2 Å². The number of anilines is 1. The quantitative estimate of drug-likeness (QED) is 0.202. The van der Waals surface area contributed by atoms with Crippen LogP contribution in [0, 0.1) is 5.82 Å². The van der Waals surface area contributed by atoms with Crippen LogP contribution in [0.2, 0.25) is 0 Å². The number of nitrogens with one attached hydrogen (secondary N) is 2. The molecule has 208 valence electrons. The van der Waals surface area contributed by atoms with E-state index >= 15 is 0 Å². The van der Waals surface area contributed by atoms with Crippen molar-refractivity contribution in [2.45, 2.75) is 50.1 Å². The zero-order chi connectivity index (χ0) is 28.2. The van der Waals surface area contributed by atoms with Gasteiger partial charge in [0.15, 0.2) is 16.7 Å². The largest absolute Gasteiger partial charge is 0.462 e. The van der Waals surface area contributed by atoms with Crippen LogP contribution in [0.15, 0.2) is 52.2 Å². The molecular weight excluding hydrogens is 557 g/mol. The van der Waals surface area contributed by atoms with Gasteiger partial charge in [-0.25, -0.2) is 9.18 Å². The molecule has 2 N–H and O–H groups in total. The first kappa shape index (κ1) is 27.6. The number of ether oxygens (including phenoxy) is 1. The molecule has 0 saturated carbocycles. The van der Waals surface area contributed by atoms with E-state index in [4.69, 9.17) is 9.15 Å². The second-order valence-electron chi connectivity index (χ2n) is 8.90. The molecule has 1 aliphatic rings. The lowest BCUT2D eigenvalue weighted by Gasteiger charge is -2.14. The summed E-state index contributed by atoms with van der Waals surface area (Å²) in [5.41, 5.74) is 1.95. The van der Waals surface area contributed by atoms with Gasteiger partial charge in [0, 0.05) is 10.6 Å². The van der Waals surface area contributed by atoms with Gasteiger partial charge in [-0.1, -0.05) is 11.8 Å². The van der Waals surface area contributed by atoms with Crippen LogP contribution in [-0.4, -0.2) is 44.4 Å². The normalized spacial score (nSPS) is 13.1. The number of esters is 1. The predicted octanol–water partition coefficient (Wildman–Crippen LogP) is 4.78. The number of thioether (sulfide) groups is 1. The molecule has 5 rings (SSSR count). The molecule has 0 unspecified atom stereocenters. The van der Waals surface area contributed by atoms with Crippen molar-refractivity contribution >= 4 is 45.9 Å². The van der Waals surface area contributed by atoms with Crippen molar-refractivity contribution < 1.29 is 27.9 Å². The molecule has 0 fully saturated rings. The van der Waals surface area contributed by atoms with Crippen LogP contribution in [0.4, 0.5) is 9.39 Å². The number of aromatic nitrogens is 3. The Labute approximate surface area is 237 Å². The molecule has 40 heavy (non-hydrogen) atoms. The van der Waals surface area contributed by atoms with Gasteiger partial charge in [0.1, 0.15) is 10.8 Å². The number of hydrogen-bond donors (Lipinski definition) is 2. The van der Waals surface area contributed by atoms with Crippen molar-refractivity contribution in [1.29, 1.82) is 0 Å². The number of rotatable bonds is 10. The highest BCUT2D eigenvalue weighted by molar-refractivity contribution is 8.00. The third-order valence-electron chi connectivity index (χ3n) is 6.23. The Balaban J connectivity index is 1.36. The zero-order valence-electron chi connectivity index (χ0n) is 21.7. The van der Waals surface area contributed by atoms with E-state index in [1.54, 1.807) is 36.6 Å². The SMILES string of the molecule is CCOC(=O)c1c(NC(=O)[C@@H](C)Sc2nnc(CNC(=O)c3ccco3)n2-c2ccc(F)cc2)sc2c1CCC2. The van der Waals surface area contributed by atoms with Gasteiger partial charge in [-0.15, -0.1) is 21.5 Å². The predicted molar refractivity (Wildman–Crippen MR) is 147 cm³/mol. The van der Waals surface area contributed by atoms with E-state index in [-0.39, 0.29) is 24.8 Å². The summed E-state index contributed by atoms with van der Waals surface area (Å²) in [6, 6.07) is 8.87. The van der Waals surface area contributed by atoms with Crippen molar-refractivity contribution in [3.8, 4) is 5.69 Å². The fourth-order valence-corrected chi connectivity index (χ4v) is 6.50. The lowest BCUT2D eigenvalue weighted by atomic mass is 10.1. The number of fused-ring (bicyclic) bond motifs is 1. The number of carbonyl (C=O) groups excluding carboxylic acids is 3. The maximum Gasteiger partial charge on any atom is 0.341 e. The number of benzene rings is 1. The first-order valence-corrected chi connectivity index (χ1v) is 14.4. The fraction of sp³-hybridized carbons (Fsp3) is 0.296. The second-order valence-corrected chi connectivity index (χ2v) is 11.3. The Kier molecular flexibility index (Phi) is 8.31. The second kappa shape index (κ2) is 12.0. The first-order valence-electron chi connectivity index (χ1n) is 12.7. The third-order valence-corrected chi connectivity index (χ3v) is 8.48. The summed E-state index contributed by atoms with van der Waals surface area (Å²) in [7, 11) is 0. The summed E-state index contributed by atoms with van der Waals surface area (Å²) in [6.45, 7) is 3.71. The minimum absolute atomic E-state index is 0.00863. The molecule has 1 atom stereocenters. The molecule has 3 aromatic heterocycles. The molecule has 0 bridgehead atoms. The molecule has 0 spiro atoms. The Bertz CT molecular complexity index is 1530. The van der Waals surface area contributed by atoms with Crippen molar-refractivity contribution in [3.63, 3.8) is 0 Å². The standard InChI is InChI=1S/C27H26FN5O5S2/c1-3-37-26(36)22-18-6-4-8-20(18)40-25(22)30-23(34)15(2)39-27-32-31-21(14-29-24(35)19-7-5-13-38-19)33(27)17-11-9-16(28)10-12-17/h5,7,9-13,15H,3-4,6,8,14H2,1-2H3,(H,29,35)(H,30,34)/t15-/m1/s1. The molecule has 0 radical (unpaired) electrons. The van der Waals surface area contributed by atoms with Crippen molar-refractivity contribution in [2.24, 2.45) is 0 Å². The van der Waals surface area contributed by atoms with Gasteiger partial charge in [0.25, 0.3) is 5.91 Å². The Morgan fingerprint density at radius 2 is 2.00 bits per heavy atom. The van der Waals surface area contributed by atoms with Crippen LogP contribution in [-0.2, 0) is 28.9 Å². The molecule has 0 aliphatic heterocycles. The summed E-state index contributed by atoms with van der Waals surface area (Å²) in [5.74, 6) is -1.07. The number of furan rings is 1. The smallest absolute Gasteiger partial charge is 0.341 e. The third kappa shape index (κ3) is 5.80. The molecule has 10 nitrogen and oxygen atoms in total. The zero-order valence-corrected chi connectivity index (χ0v) is 23.4. The Hall–Kier alpha value is -3.97. The topological polar surface area (TPSA) is 128 Å². The number of aryl methyl sites for hydroxylation is 1. The van der Waals surface area contributed by atoms with Crippen LogP contribution < -0.4 is 10.6 Å². The highest BCUT2D eigenvalue weighted by Gasteiger charge is 2.30. The van der Waals surface area contributed by atoms with Crippen LogP contribution in [0.5, 0.6) is 0 Å². The van der Waals surface area contributed by atoms with Gasteiger partial charge >= 0.3 is 5.97 Å².